The molecule has 1 aliphatic rings. The number of nitrogens with one attached hydrogen (secondary N) is 1. The number of nitrogens with zero attached hydrogens (tertiary/aromatic N) is 2. The highest BCUT2D eigenvalue weighted by atomic mass is 32.2. The number of benzene rings is 1. The molecule has 3 rings (SSSR count). The molecule has 2 aromatic rings. The van der Waals surface area contributed by atoms with E-state index in [1.807, 2.05) is 35.2 Å². The first-order valence-corrected chi connectivity index (χ1v) is 10.9. The van der Waals surface area contributed by atoms with Gasteiger partial charge in [0.1, 0.15) is 10.6 Å². The third-order valence-corrected chi connectivity index (χ3v) is 6.77. The van der Waals surface area contributed by atoms with Gasteiger partial charge in [-0.3, -0.25) is 4.79 Å². The van der Waals surface area contributed by atoms with Crippen LogP contribution in [0.1, 0.15) is 41.0 Å². The monoisotopic (exact) mass is 389 g/mol. The summed E-state index contributed by atoms with van der Waals surface area (Å²) in [6.45, 7) is 3.52. The molecule has 0 bridgehead atoms. The second-order valence-electron chi connectivity index (χ2n) is 7.02. The van der Waals surface area contributed by atoms with Crippen molar-refractivity contribution in [3.05, 3.63) is 53.3 Å². The summed E-state index contributed by atoms with van der Waals surface area (Å²) in [5.74, 6) is -0.0916. The zero-order valence-electron chi connectivity index (χ0n) is 15.9. The fraction of sp³-hybridized carbons (Fsp3) is 0.450. The molecule has 1 N–H and O–H groups in total. The first-order chi connectivity index (χ1) is 12.9. The molecule has 0 saturated carbocycles. The molecule has 0 radical (unpaired) electrons. The van der Waals surface area contributed by atoms with Crippen molar-refractivity contribution < 1.29 is 13.2 Å². The summed E-state index contributed by atoms with van der Waals surface area (Å²) in [5.41, 5.74) is 2.08. The normalized spacial score (nSPS) is 15.1. The quantitative estimate of drug-likeness (QED) is 0.825. The van der Waals surface area contributed by atoms with Crippen LogP contribution in [0.2, 0.25) is 0 Å². The number of rotatable bonds is 6. The Bertz CT molecular complexity index is 898. The van der Waals surface area contributed by atoms with Crippen molar-refractivity contribution in [2.24, 2.45) is 7.05 Å². The number of carbonyl (C=O) groups is 1. The minimum absolute atomic E-state index is 0.0916. The molecular weight excluding hydrogens is 362 g/mol. The Hall–Kier alpha value is -2.12. The molecule has 0 spiro atoms. The summed E-state index contributed by atoms with van der Waals surface area (Å²) in [6.07, 6.45) is 3.76. The number of piperidine rings is 1. The molecule has 1 amide bonds. The second-order valence-corrected chi connectivity index (χ2v) is 8.76. The van der Waals surface area contributed by atoms with E-state index in [1.54, 1.807) is 18.5 Å². The van der Waals surface area contributed by atoms with Gasteiger partial charge in [-0.05, 0) is 44.2 Å². The molecule has 1 aliphatic heterocycles. The molecule has 0 unspecified atom stereocenters. The van der Waals surface area contributed by atoms with Gasteiger partial charge in [-0.25, -0.2) is 13.1 Å². The van der Waals surface area contributed by atoms with Gasteiger partial charge < -0.3 is 9.47 Å². The molecule has 27 heavy (non-hydrogen) atoms. The van der Waals surface area contributed by atoms with Crippen LogP contribution < -0.4 is 4.72 Å². The van der Waals surface area contributed by atoms with Gasteiger partial charge in [-0.15, -0.1) is 0 Å². The van der Waals surface area contributed by atoms with E-state index < -0.39 is 10.0 Å². The molecule has 2 heterocycles. The van der Waals surface area contributed by atoms with Crippen molar-refractivity contribution in [1.82, 2.24) is 14.2 Å². The van der Waals surface area contributed by atoms with Gasteiger partial charge in [0.25, 0.3) is 5.91 Å². The number of hydrogen-bond acceptors (Lipinski definition) is 3. The summed E-state index contributed by atoms with van der Waals surface area (Å²) >= 11 is 0. The SMILES string of the molecule is Cc1c(S(=O)(=O)NCCc2ccccc2)cc(C(=O)N2CCCCC2)n1C. The van der Waals surface area contributed by atoms with E-state index in [9.17, 15) is 13.2 Å². The minimum atomic E-state index is -3.67. The van der Waals surface area contributed by atoms with E-state index in [2.05, 4.69) is 4.72 Å². The molecule has 1 aromatic carbocycles. The van der Waals surface area contributed by atoms with Crippen molar-refractivity contribution in [1.29, 1.82) is 0 Å². The minimum Gasteiger partial charge on any atom is -0.343 e. The largest absolute Gasteiger partial charge is 0.343 e. The Morgan fingerprint density at radius 3 is 2.44 bits per heavy atom. The predicted molar refractivity (Wildman–Crippen MR) is 105 cm³/mol. The highest BCUT2D eigenvalue weighted by Crippen LogP contribution is 2.22. The fourth-order valence-electron chi connectivity index (χ4n) is 3.46. The number of hydrogen-bond donors (Lipinski definition) is 1. The van der Waals surface area contributed by atoms with Gasteiger partial charge in [-0.2, -0.15) is 0 Å². The maximum atomic E-state index is 12.8. The lowest BCUT2D eigenvalue weighted by molar-refractivity contribution is 0.0714. The fourth-order valence-corrected chi connectivity index (χ4v) is 4.78. The first kappa shape index (κ1) is 19.6. The van der Waals surface area contributed by atoms with Crippen LogP contribution in [0.3, 0.4) is 0 Å². The van der Waals surface area contributed by atoms with Crippen LogP contribution >= 0.6 is 0 Å². The van der Waals surface area contributed by atoms with Crippen molar-refractivity contribution in [3.63, 3.8) is 0 Å². The second kappa shape index (κ2) is 8.27. The van der Waals surface area contributed by atoms with E-state index in [4.69, 9.17) is 0 Å². The Morgan fingerprint density at radius 2 is 1.78 bits per heavy atom. The number of aromatic nitrogens is 1. The van der Waals surface area contributed by atoms with Crippen LogP contribution in [0.5, 0.6) is 0 Å². The molecule has 1 aromatic heterocycles. The van der Waals surface area contributed by atoms with E-state index in [1.165, 1.54) is 6.07 Å². The average molecular weight is 390 g/mol. The Balaban J connectivity index is 1.74. The standard InChI is InChI=1S/C20H27N3O3S/c1-16-19(27(25,26)21-12-11-17-9-5-3-6-10-17)15-18(22(16)2)20(24)23-13-7-4-8-14-23/h3,5-6,9-10,15,21H,4,7-8,11-14H2,1-2H3. The lowest BCUT2D eigenvalue weighted by atomic mass is 10.1. The molecular formula is C20H27N3O3S. The van der Waals surface area contributed by atoms with E-state index in [0.717, 1.165) is 37.9 Å². The van der Waals surface area contributed by atoms with Crippen LogP contribution in [-0.2, 0) is 23.5 Å². The van der Waals surface area contributed by atoms with Crippen molar-refractivity contribution >= 4 is 15.9 Å². The third-order valence-electron chi connectivity index (χ3n) is 5.19. The number of amides is 1. The summed E-state index contributed by atoms with van der Waals surface area (Å²) in [7, 11) is -1.92. The highest BCUT2D eigenvalue weighted by molar-refractivity contribution is 7.89. The lowest BCUT2D eigenvalue weighted by Gasteiger charge is -2.26. The number of carbonyl (C=O) groups excluding carboxylic acids is 1. The smallest absolute Gasteiger partial charge is 0.270 e. The Labute approximate surface area is 161 Å². The van der Waals surface area contributed by atoms with Gasteiger partial charge in [0, 0.05) is 32.4 Å². The number of likely N-dealkylation sites (tertiary alicyclic amines) is 1. The van der Waals surface area contributed by atoms with E-state index in [-0.39, 0.29) is 10.8 Å². The molecule has 1 fully saturated rings. The highest BCUT2D eigenvalue weighted by Gasteiger charge is 2.27. The van der Waals surface area contributed by atoms with Gasteiger partial charge in [0.2, 0.25) is 10.0 Å². The zero-order valence-corrected chi connectivity index (χ0v) is 16.8. The van der Waals surface area contributed by atoms with Crippen LogP contribution in [-0.4, -0.2) is 43.4 Å². The Kier molecular flexibility index (Phi) is 6.01. The average Bonchev–Trinajstić information content (AvgIpc) is 2.98. The van der Waals surface area contributed by atoms with E-state index >= 15 is 0 Å². The van der Waals surface area contributed by atoms with Crippen LogP contribution in [0, 0.1) is 6.92 Å². The summed E-state index contributed by atoms with van der Waals surface area (Å²) in [6, 6.07) is 11.3. The summed E-state index contributed by atoms with van der Waals surface area (Å²) in [4.78, 5) is 14.8. The van der Waals surface area contributed by atoms with Crippen molar-refractivity contribution in [2.45, 2.75) is 37.5 Å². The third kappa shape index (κ3) is 4.42. The van der Waals surface area contributed by atoms with E-state index in [0.29, 0.717) is 24.4 Å². The van der Waals surface area contributed by atoms with Gasteiger partial charge in [0.15, 0.2) is 0 Å². The van der Waals surface area contributed by atoms with Gasteiger partial charge in [0.05, 0.1) is 0 Å². The molecule has 146 valence electrons. The van der Waals surface area contributed by atoms with Gasteiger partial charge in [-0.1, -0.05) is 30.3 Å². The lowest BCUT2D eigenvalue weighted by Crippen LogP contribution is -2.36. The topological polar surface area (TPSA) is 71.4 Å². The summed E-state index contributed by atoms with van der Waals surface area (Å²) in [5, 5.41) is 0. The molecule has 0 atom stereocenters. The summed E-state index contributed by atoms with van der Waals surface area (Å²) < 4.78 is 29.9. The maximum absolute atomic E-state index is 12.8. The van der Waals surface area contributed by atoms with Crippen molar-refractivity contribution in [2.75, 3.05) is 19.6 Å². The number of sulfonamides is 1. The molecule has 6 nitrogen and oxygen atoms in total. The zero-order chi connectivity index (χ0) is 19.4. The van der Waals surface area contributed by atoms with Crippen molar-refractivity contribution in [3.8, 4) is 0 Å². The molecule has 0 aliphatic carbocycles. The predicted octanol–water partition coefficient (Wildman–Crippen LogP) is 2.48. The maximum Gasteiger partial charge on any atom is 0.270 e. The first-order valence-electron chi connectivity index (χ1n) is 9.39. The molecule has 7 heteroatoms. The molecule has 1 saturated heterocycles. The van der Waals surface area contributed by atoms with Gasteiger partial charge >= 0.3 is 0 Å². The van der Waals surface area contributed by atoms with Crippen LogP contribution in [0.4, 0.5) is 0 Å². The Morgan fingerprint density at radius 1 is 1.11 bits per heavy atom. The van der Waals surface area contributed by atoms with Crippen LogP contribution in [0.25, 0.3) is 0 Å². The van der Waals surface area contributed by atoms with Crippen LogP contribution in [0.15, 0.2) is 41.3 Å².